The third-order valence-electron chi connectivity index (χ3n) is 7.00. The highest BCUT2D eigenvalue weighted by atomic mass is 19.1. The molecule has 0 saturated heterocycles. The van der Waals surface area contributed by atoms with Crippen LogP contribution in [0.4, 0.5) is 20.2 Å². The summed E-state index contributed by atoms with van der Waals surface area (Å²) in [5, 5.41) is 21.6. The van der Waals surface area contributed by atoms with E-state index in [-0.39, 0.29) is 17.3 Å². The minimum absolute atomic E-state index is 0.0278. The fraction of sp³-hybridized carbons (Fsp3) is 0.214. The Morgan fingerprint density at radius 2 is 1.92 bits per heavy atom. The number of phenolic OH excluding ortho intramolecular Hbond substituents is 1. The molecule has 0 unspecified atom stereocenters. The van der Waals surface area contributed by atoms with Crippen LogP contribution in [0.15, 0.2) is 60.7 Å². The maximum Gasteiger partial charge on any atom is 0.238 e. The summed E-state index contributed by atoms with van der Waals surface area (Å²) >= 11 is 0. The Labute approximate surface area is 207 Å². The molecule has 1 amide bonds. The second kappa shape index (κ2) is 9.11. The van der Waals surface area contributed by atoms with Gasteiger partial charge in [-0.3, -0.25) is 4.79 Å². The van der Waals surface area contributed by atoms with Crippen molar-refractivity contribution in [2.75, 3.05) is 17.3 Å². The van der Waals surface area contributed by atoms with E-state index in [1.165, 1.54) is 18.2 Å². The molecule has 0 radical (unpaired) electrons. The molecule has 184 valence electrons. The van der Waals surface area contributed by atoms with E-state index in [1.54, 1.807) is 12.0 Å². The van der Waals surface area contributed by atoms with Gasteiger partial charge in [0.25, 0.3) is 0 Å². The molecule has 1 fully saturated rings. The second-order valence-corrected chi connectivity index (χ2v) is 9.06. The first-order chi connectivity index (χ1) is 17.4. The van der Waals surface area contributed by atoms with Crippen molar-refractivity contribution < 1.29 is 23.4 Å². The lowest BCUT2D eigenvalue weighted by Gasteiger charge is -2.37. The largest absolute Gasteiger partial charge is 0.506 e. The Hall–Kier alpha value is -4.20. The molecular weight excluding hydrogens is 464 g/mol. The van der Waals surface area contributed by atoms with Crippen LogP contribution in [0.1, 0.15) is 36.0 Å². The third-order valence-corrected chi connectivity index (χ3v) is 7.00. The van der Waals surface area contributed by atoms with Crippen molar-refractivity contribution in [1.82, 2.24) is 0 Å². The Morgan fingerprint density at radius 3 is 2.53 bits per heavy atom. The van der Waals surface area contributed by atoms with Gasteiger partial charge < -0.3 is 25.5 Å². The molecule has 1 heterocycles. The number of hydrogen-bond donors (Lipinski definition) is 3. The van der Waals surface area contributed by atoms with E-state index in [9.17, 15) is 18.7 Å². The summed E-state index contributed by atoms with van der Waals surface area (Å²) in [6.45, 7) is 0.298. The number of ether oxygens (including phenoxy) is 1. The molecule has 8 heteroatoms. The zero-order valence-corrected chi connectivity index (χ0v) is 19.6. The maximum absolute atomic E-state index is 14.3. The number of rotatable bonds is 7. The summed E-state index contributed by atoms with van der Waals surface area (Å²) in [5.41, 5.74) is 2.23. The monoisotopic (exact) mass is 489 g/mol. The Balaban J connectivity index is 1.55. The van der Waals surface area contributed by atoms with Gasteiger partial charge in [0.1, 0.15) is 23.1 Å². The van der Waals surface area contributed by atoms with Crippen LogP contribution in [-0.4, -0.2) is 24.3 Å². The van der Waals surface area contributed by atoms with E-state index in [4.69, 9.17) is 10.1 Å². The van der Waals surface area contributed by atoms with Gasteiger partial charge in [0.15, 0.2) is 0 Å². The number of fused-ring (bicyclic) bond motifs is 2. The molecule has 1 aliphatic carbocycles. The van der Waals surface area contributed by atoms with Crippen LogP contribution in [0.2, 0.25) is 0 Å². The van der Waals surface area contributed by atoms with Gasteiger partial charge in [0, 0.05) is 23.5 Å². The number of amides is 1. The van der Waals surface area contributed by atoms with E-state index in [2.05, 4.69) is 5.32 Å². The van der Waals surface area contributed by atoms with Crippen molar-refractivity contribution in [2.24, 2.45) is 0 Å². The molecule has 2 aliphatic rings. The number of hydrogen-bond acceptors (Lipinski definition) is 5. The van der Waals surface area contributed by atoms with Gasteiger partial charge >= 0.3 is 0 Å². The number of nitrogens with one attached hydrogen (secondary N) is 2. The molecule has 0 bridgehead atoms. The van der Waals surface area contributed by atoms with Crippen LogP contribution >= 0.6 is 0 Å². The average Bonchev–Trinajstić information content (AvgIpc) is 3.09. The Morgan fingerprint density at radius 1 is 1.17 bits per heavy atom. The number of allylic oxidation sites excluding steroid dienone is 1. The molecule has 3 N–H and O–H groups in total. The molecule has 0 atom stereocenters. The highest BCUT2D eigenvalue weighted by molar-refractivity contribution is 6.10. The molecule has 3 aromatic rings. The lowest BCUT2D eigenvalue weighted by molar-refractivity contribution is -0.126. The second-order valence-electron chi connectivity index (χ2n) is 9.06. The van der Waals surface area contributed by atoms with Crippen molar-refractivity contribution >= 4 is 29.2 Å². The van der Waals surface area contributed by atoms with E-state index < -0.39 is 17.0 Å². The standard InChI is InChI=1S/C28H25F2N3O3/c1-36-20-6-3-17(4-7-20)16-33-26-21(28(27(33)35)10-2-11-28)13-18(14-25(26)34)23(9-12-31)32-24-8-5-19(29)15-22(24)30/h3-9,12-15,31-32,34H,2,10-11,16H2,1H3/b23-9-,31-12?. The van der Waals surface area contributed by atoms with Crippen LogP contribution < -0.4 is 15.0 Å². The highest BCUT2D eigenvalue weighted by Crippen LogP contribution is 2.57. The molecule has 36 heavy (non-hydrogen) atoms. The first kappa shape index (κ1) is 23.5. The van der Waals surface area contributed by atoms with E-state index in [0.29, 0.717) is 42.1 Å². The molecule has 1 spiro atoms. The van der Waals surface area contributed by atoms with Gasteiger partial charge in [0.05, 0.1) is 30.4 Å². The van der Waals surface area contributed by atoms with Gasteiger partial charge in [-0.2, -0.15) is 0 Å². The van der Waals surface area contributed by atoms with E-state index in [0.717, 1.165) is 35.9 Å². The lowest BCUT2D eigenvalue weighted by Crippen LogP contribution is -2.44. The van der Waals surface area contributed by atoms with E-state index >= 15 is 0 Å². The van der Waals surface area contributed by atoms with Crippen molar-refractivity contribution in [1.29, 1.82) is 5.41 Å². The summed E-state index contributed by atoms with van der Waals surface area (Å²) in [5.74, 6) is -0.904. The summed E-state index contributed by atoms with van der Waals surface area (Å²) < 4.78 is 32.9. The van der Waals surface area contributed by atoms with Crippen LogP contribution in [0.25, 0.3) is 5.70 Å². The number of benzene rings is 3. The molecule has 0 aromatic heterocycles. The smallest absolute Gasteiger partial charge is 0.238 e. The maximum atomic E-state index is 14.3. The van der Waals surface area contributed by atoms with E-state index in [1.807, 2.05) is 30.3 Å². The summed E-state index contributed by atoms with van der Waals surface area (Å²) in [7, 11) is 1.59. The summed E-state index contributed by atoms with van der Waals surface area (Å²) in [4.78, 5) is 15.3. The fourth-order valence-electron chi connectivity index (χ4n) is 5.01. The SMILES string of the molecule is COc1ccc(CN2C(=O)C3(CCC3)c3cc(/C(=C/C=N)Nc4ccc(F)cc4F)cc(O)c32)cc1. The molecule has 1 saturated carbocycles. The van der Waals surface area contributed by atoms with Crippen molar-refractivity contribution in [3.63, 3.8) is 0 Å². The normalized spacial score (nSPS) is 16.0. The van der Waals surface area contributed by atoms with Crippen LogP contribution in [0.3, 0.4) is 0 Å². The highest BCUT2D eigenvalue weighted by Gasteiger charge is 2.55. The van der Waals surface area contributed by atoms with Gasteiger partial charge in [-0.15, -0.1) is 0 Å². The molecule has 5 rings (SSSR count). The molecule has 1 aliphatic heterocycles. The number of anilines is 2. The van der Waals surface area contributed by atoms with Crippen molar-refractivity contribution in [3.8, 4) is 11.5 Å². The lowest BCUT2D eigenvalue weighted by atomic mass is 9.65. The van der Waals surface area contributed by atoms with Crippen LogP contribution in [0, 0.1) is 17.0 Å². The number of aromatic hydroxyl groups is 1. The average molecular weight is 490 g/mol. The predicted molar refractivity (Wildman–Crippen MR) is 135 cm³/mol. The number of carbonyl (C=O) groups excluding carboxylic acids is 1. The van der Waals surface area contributed by atoms with Crippen molar-refractivity contribution in [2.45, 2.75) is 31.2 Å². The van der Waals surface area contributed by atoms with Gasteiger partial charge in [-0.25, -0.2) is 8.78 Å². The van der Waals surface area contributed by atoms with Crippen LogP contribution in [0.5, 0.6) is 11.5 Å². The zero-order valence-electron chi connectivity index (χ0n) is 19.6. The zero-order chi connectivity index (χ0) is 25.4. The van der Waals surface area contributed by atoms with Gasteiger partial charge in [0.2, 0.25) is 5.91 Å². The quantitative estimate of drug-likeness (QED) is 0.369. The molecular formula is C28H25F2N3O3. The van der Waals surface area contributed by atoms with Gasteiger partial charge in [-0.05, 0) is 66.4 Å². The minimum atomic E-state index is -0.785. The number of halogens is 2. The first-order valence-electron chi connectivity index (χ1n) is 11.6. The first-order valence-corrected chi connectivity index (χ1v) is 11.6. The Bertz CT molecular complexity index is 1380. The molecule has 3 aromatic carbocycles. The summed E-state index contributed by atoms with van der Waals surface area (Å²) in [6, 6.07) is 13.9. The number of carbonyl (C=O) groups is 1. The fourth-order valence-corrected chi connectivity index (χ4v) is 5.01. The number of phenols is 1. The molecule has 6 nitrogen and oxygen atoms in total. The van der Waals surface area contributed by atoms with Crippen LogP contribution in [-0.2, 0) is 16.8 Å². The van der Waals surface area contributed by atoms with Gasteiger partial charge in [-0.1, -0.05) is 18.6 Å². The Kier molecular flexibility index (Phi) is 5.96. The topological polar surface area (TPSA) is 85.7 Å². The summed E-state index contributed by atoms with van der Waals surface area (Å²) in [6.07, 6.45) is 4.70. The number of methoxy groups -OCH3 is 1. The minimum Gasteiger partial charge on any atom is -0.506 e. The number of nitrogens with zero attached hydrogens (tertiary/aromatic N) is 1. The van der Waals surface area contributed by atoms with Crippen molar-refractivity contribution in [3.05, 3.63) is 89.0 Å². The predicted octanol–water partition coefficient (Wildman–Crippen LogP) is 5.75. The third kappa shape index (κ3) is 3.88.